The Balaban J connectivity index is 1.86. The average Bonchev–Trinajstić information content (AvgIpc) is 2.59. The van der Waals surface area contributed by atoms with E-state index in [4.69, 9.17) is 9.47 Å². The van der Waals surface area contributed by atoms with Gasteiger partial charge in [0, 0.05) is 13.0 Å². The zero-order chi connectivity index (χ0) is 20.0. The van der Waals surface area contributed by atoms with Crippen molar-refractivity contribution < 1.29 is 19.1 Å². The molecule has 0 saturated carbocycles. The standard InChI is InChI=1S/C22H35NO4/c1-22(2,3)27-20(24)17-13-8-6-4-5-7-9-14-18-23-21(25)26-19-15-11-10-12-16-19/h10-12,15-16H,4-9,13-14,17-18H2,1-3H3,(H,23,25). The lowest BCUT2D eigenvalue weighted by molar-refractivity contribution is -0.154. The normalized spacial score (nSPS) is 11.1. The van der Waals surface area contributed by atoms with Gasteiger partial charge in [-0.3, -0.25) is 4.79 Å². The third-order valence-electron chi connectivity index (χ3n) is 3.95. The summed E-state index contributed by atoms with van der Waals surface area (Å²) in [6.45, 7) is 6.33. The Labute approximate surface area is 163 Å². The number of esters is 1. The topological polar surface area (TPSA) is 64.6 Å². The van der Waals surface area contributed by atoms with E-state index in [1.807, 2.05) is 39.0 Å². The summed E-state index contributed by atoms with van der Waals surface area (Å²) >= 11 is 0. The summed E-state index contributed by atoms with van der Waals surface area (Å²) in [6, 6.07) is 9.06. The Morgan fingerprint density at radius 3 is 2.00 bits per heavy atom. The van der Waals surface area contributed by atoms with Crippen molar-refractivity contribution in [1.82, 2.24) is 5.32 Å². The first-order valence-electron chi connectivity index (χ1n) is 10.1. The van der Waals surface area contributed by atoms with E-state index in [0.29, 0.717) is 18.7 Å². The van der Waals surface area contributed by atoms with Gasteiger partial charge in [0.05, 0.1) is 0 Å². The van der Waals surface area contributed by atoms with E-state index in [2.05, 4.69) is 5.32 Å². The van der Waals surface area contributed by atoms with Crippen LogP contribution in [0.2, 0.25) is 0 Å². The van der Waals surface area contributed by atoms with Crippen molar-refractivity contribution in [2.24, 2.45) is 0 Å². The Morgan fingerprint density at radius 2 is 1.41 bits per heavy atom. The fourth-order valence-corrected chi connectivity index (χ4v) is 2.67. The minimum absolute atomic E-state index is 0.0965. The molecule has 1 aromatic rings. The summed E-state index contributed by atoms with van der Waals surface area (Å²) in [4.78, 5) is 23.2. The van der Waals surface area contributed by atoms with E-state index in [1.165, 1.54) is 19.3 Å². The Bertz CT molecular complexity index is 537. The van der Waals surface area contributed by atoms with Gasteiger partial charge in [0.1, 0.15) is 11.4 Å². The van der Waals surface area contributed by atoms with Crippen LogP contribution in [0.3, 0.4) is 0 Å². The summed E-state index contributed by atoms with van der Waals surface area (Å²) in [5.74, 6) is 0.461. The van der Waals surface area contributed by atoms with Gasteiger partial charge >= 0.3 is 12.1 Å². The molecule has 152 valence electrons. The molecule has 1 amide bonds. The summed E-state index contributed by atoms with van der Waals surface area (Å²) in [7, 11) is 0. The molecule has 0 aliphatic rings. The number of benzene rings is 1. The number of para-hydroxylation sites is 1. The molecule has 5 heteroatoms. The quantitative estimate of drug-likeness (QED) is 0.379. The molecule has 1 N–H and O–H groups in total. The van der Waals surface area contributed by atoms with Gasteiger partial charge in [-0.1, -0.05) is 56.7 Å². The number of rotatable bonds is 12. The summed E-state index contributed by atoms with van der Waals surface area (Å²) in [5.41, 5.74) is -0.385. The van der Waals surface area contributed by atoms with Crippen molar-refractivity contribution in [2.75, 3.05) is 6.54 Å². The number of nitrogens with one attached hydrogen (secondary N) is 1. The maximum atomic E-state index is 11.6. The minimum atomic E-state index is -0.397. The fourth-order valence-electron chi connectivity index (χ4n) is 2.67. The molecule has 0 spiro atoms. The first kappa shape index (κ1) is 23.0. The lowest BCUT2D eigenvalue weighted by Crippen LogP contribution is -2.27. The van der Waals surface area contributed by atoms with Crippen LogP contribution in [0.15, 0.2) is 30.3 Å². The van der Waals surface area contributed by atoms with Crippen LogP contribution in [0.5, 0.6) is 5.75 Å². The predicted molar refractivity (Wildman–Crippen MR) is 108 cm³/mol. The zero-order valence-corrected chi connectivity index (χ0v) is 17.1. The van der Waals surface area contributed by atoms with Crippen molar-refractivity contribution in [1.29, 1.82) is 0 Å². The lowest BCUT2D eigenvalue weighted by atomic mass is 10.1. The van der Waals surface area contributed by atoms with E-state index < -0.39 is 6.09 Å². The number of carbonyl (C=O) groups excluding carboxylic acids is 2. The molecule has 5 nitrogen and oxygen atoms in total. The van der Waals surface area contributed by atoms with Gasteiger partial charge in [0.25, 0.3) is 0 Å². The number of unbranched alkanes of at least 4 members (excludes halogenated alkanes) is 7. The zero-order valence-electron chi connectivity index (χ0n) is 17.1. The third-order valence-corrected chi connectivity index (χ3v) is 3.95. The van der Waals surface area contributed by atoms with E-state index in [9.17, 15) is 9.59 Å². The molecule has 1 rings (SSSR count). The van der Waals surface area contributed by atoms with Crippen LogP contribution in [-0.4, -0.2) is 24.2 Å². The van der Waals surface area contributed by atoms with Crippen molar-refractivity contribution in [3.8, 4) is 5.75 Å². The highest BCUT2D eigenvalue weighted by atomic mass is 16.6. The first-order valence-corrected chi connectivity index (χ1v) is 10.1. The Kier molecular flexibility index (Phi) is 11.2. The van der Waals surface area contributed by atoms with Crippen molar-refractivity contribution in [2.45, 2.75) is 84.2 Å². The molecule has 0 atom stereocenters. The SMILES string of the molecule is CC(C)(C)OC(=O)CCCCCCCCCCNC(=O)Oc1ccccc1. The molecule has 0 aliphatic heterocycles. The van der Waals surface area contributed by atoms with E-state index in [0.717, 1.165) is 32.1 Å². The van der Waals surface area contributed by atoms with E-state index in [1.54, 1.807) is 12.1 Å². The van der Waals surface area contributed by atoms with Crippen LogP contribution < -0.4 is 10.1 Å². The molecular formula is C22H35NO4. The van der Waals surface area contributed by atoms with Gasteiger partial charge in [0.15, 0.2) is 0 Å². The maximum absolute atomic E-state index is 11.6. The van der Waals surface area contributed by atoms with Crippen LogP contribution in [0, 0.1) is 0 Å². The first-order chi connectivity index (χ1) is 12.9. The molecule has 0 bridgehead atoms. The number of amides is 1. The number of ether oxygens (including phenoxy) is 2. The number of hydrogen-bond donors (Lipinski definition) is 1. The monoisotopic (exact) mass is 377 g/mol. The summed E-state index contributed by atoms with van der Waals surface area (Å²) < 4.78 is 10.5. The molecule has 1 aromatic carbocycles. The predicted octanol–water partition coefficient (Wildman–Crippen LogP) is 5.63. The molecule has 0 fully saturated rings. The molecule has 0 heterocycles. The Hall–Kier alpha value is -2.04. The fraction of sp³-hybridized carbons (Fsp3) is 0.636. The highest BCUT2D eigenvalue weighted by Gasteiger charge is 2.15. The summed E-state index contributed by atoms with van der Waals surface area (Å²) in [6.07, 6.45) is 8.87. The van der Waals surface area contributed by atoms with Gasteiger partial charge in [-0.15, -0.1) is 0 Å². The molecule has 0 saturated heterocycles. The molecule has 0 aromatic heterocycles. The number of carbonyl (C=O) groups is 2. The minimum Gasteiger partial charge on any atom is -0.460 e. The van der Waals surface area contributed by atoms with Crippen molar-refractivity contribution in [3.05, 3.63) is 30.3 Å². The highest BCUT2D eigenvalue weighted by Crippen LogP contribution is 2.13. The number of hydrogen-bond acceptors (Lipinski definition) is 4. The van der Waals surface area contributed by atoms with Crippen LogP contribution >= 0.6 is 0 Å². The van der Waals surface area contributed by atoms with Crippen LogP contribution in [0.4, 0.5) is 4.79 Å². The second-order valence-electron chi connectivity index (χ2n) is 7.79. The third kappa shape index (κ3) is 13.8. The maximum Gasteiger partial charge on any atom is 0.412 e. The van der Waals surface area contributed by atoms with Gasteiger partial charge in [0.2, 0.25) is 0 Å². The van der Waals surface area contributed by atoms with Gasteiger partial charge in [-0.2, -0.15) is 0 Å². The lowest BCUT2D eigenvalue weighted by Gasteiger charge is -2.19. The largest absolute Gasteiger partial charge is 0.460 e. The van der Waals surface area contributed by atoms with Gasteiger partial charge in [-0.05, 0) is 45.7 Å². The van der Waals surface area contributed by atoms with Crippen molar-refractivity contribution >= 4 is 12.1 Å². The summed E-state index contributed by atoms with van der Waals surface area (Å²) in [5, 5.41) is 2.77. The Morgan fingerprint density at radius 1 is 0.852 bits per heavy atom. The van der Waals surface area contributed by atoms with Crippen LogP contribution in [0.25, 0.3) is 0 Å². The molecule has 0 aliphatic carbocycles. The van der Waals surface area contributed by atoms with E-state index >= 15 is 0 Å². The van der Waals surface area contributed by atoms with Crippen LogP contribution in [0.1, 0.15) is 78.6 Å². The average molecular weight is 378 g/mol. The molecule has 27 heavy (non-hydrogen) atoms. The smallest absolute Gasteiger partial charge is 0.412 e. The van der Waals surface area contributed by atoms with E-state index in [-0.39, 0.29) is 11.6 Å². The van der Waals surface area contributed by atoms with Crippen LogP contribution in [-0.2, 0) is 9.53 Å². The van der Waals surface area contributed by atoms with Crippen molar-refractivity contribution in [3.63, 3.8) is 0 Å². The second kappa shape index (κ2) is 13.2. The highest BCUT2D eigenvalue weighted by molar-refractivity contribution is 5.70. The molecular weight excluding hydrogens is 342 g/mol. The van der Waals surface area contributed by atoms with Gasteiger partial charge < -0.3 is 14.8 Å². The molecule has 0 radical (unpaired) electrons. The molecule has 0 unspecified atom stereocenters. The second-order valence-corrected chi connectivity index (χ2v) is 7.79. The van der Waals surface area contributed by atoms with Gasteiger partial charge in [-0.25, -0.2) is 4.79 Å².